The summed E-state index contributed by atoms with van der Waals surface area (Å²) in [5.41, 5.74) is 1.32. The average Bonchev–Trinajstić information content (AvgIpc) is 3.14. The molecule has 2 aromatic rings. The van der Waals surface area contributed by atoms with Gasteiger partial charge in [-0.3, -0.25) is 4.90 Å². The molecule has 1 aromatic heterocycles. The molecule has 1 unspecified atom stereocenters. The van der Waals surface area contributed by atoms with Gasteiger partial charge in [-0.05, 0) is 36.8 Å². The van der Waals surface area contributed by atoms with Crippen molar-refractivity contribution in [1.29, 1.82) is 0 Å². The van der Waals surface area contributed by atoms with Gasteiger partial charge >= 0.3 is 6.03 Å². The van der Waals surface area contributed by atoms with Crippen molar-refractivity contribution in [2.75, 3.05) is 26.2 Å². The number of rotatable bonds is 6. The van der Waals surface area contributed by atoms with E-state index >= 15 is 0 Å². The van der Waals surface area contributed by atoms with Gasteiger partial charge in [0.25, 0.3) is 0 Å². The molecule has 2 amide bonds. The zero-order valence-corrected chi connectivity index (χ0v) is 15.7. The highest BCUT2D eigenvalue weighted by molar-refractivity contribution is 7.09. The van der Waals surface area contributed by atoms with Crippen molar-refractivity contribution in [3.05, 3.63) is 58.3 Å². The average molecular weight is 358 g/mol. The number of piperazine rings is 1. The highest BCUT2D eigenvalue weighted by Gasteiger charge is 2.22. The molecule has 0 aliphatic carbocycles. The van der Waals surface area contributed by atoms with Crippen LogP contribution in [0.15, 0.2) is 47.8 Å². The van der Waals surface area contributed by atoms with Gasteiger partial charge < -0.3 is 10.2 Å². The maximum Gasteiger partial charge on any atom is 0.317 e. The SMILES string of the molecule is CC(CCc1ccccc1)NC(=O)N1CCN(Cc2cccs2)CC1. The largest absolute Gasteiger partial charge is 0.336 e. The Bertz CT molecular complexity index is 636. The van der Waals surface area contributed by atoms with Gasteiger partial charge in [-0.2, -0.15) is 0 Å². The number of benzene rings is 1. The van der Waals surface area contributed by atoms with Gasteiger partial charge in [-0.15, -0.1) is 11.3 Å². The minimum absolute atomic E-state index is 0.0799. The summed E-state index contributed by atoms with van der Waals surface area (Å²) in [5.74, 6) is 0. The standard InChI is InChI=1S/C20H27N3OS/c1-17(9-10-18-6-3-2-4-7-18)21-20(24)23-13-11-22(12-14-23)16-19-8-5-15-25-19/h2-8,15,17H,9-14,16H2,1H3,(H,21,24). The fourth-order valence-corrected chi connectivity index (χ4v) is 3.88. The van der Waals surface area contributed by atoms with Gasteiger partial charge in [-0.1, -0.05) is 36.4 Å². The first kappa shape index (κ1) is 18.0. The molecule has 1 aromatic carbocycles. The minimum atomic E-state index is 0.0799. The predicted octanol–water partition coefficient (Wildman–Crippen LogP) is 3.60. The third-order valence-corrected chi connectivity index (χ3v) is 5.56. The summed E-state index contributed by atoms with van der Waals surface area (Å²) >= 11 is 1.80. The van der Waals surface area contributed by atoms with Gasteiger partial charge in [0.15, 0.2) is 0 Å². The quantitative estimate of drug-likeness (QED) is 0.857. The molecule has 1 saturated heterocycles. The van der Waals surface area contributed by atoms with E-state index in [-0.39, 0.29) is 12.1 Å². The highest BCUT2D eigenvalue weighted by Crippen LogP contribution is 2.13. The van der Waals surface area contributed by atoms with Crippen molar-refractivity contribution in [2.45, 2.75) is 32.4 Å². The Morgan fingerprint density at radius 2 is 1.88 bits per heavy atom. The normalized spacial score (nSPS) is 16.6. The zero-order valence-electron chi connectivity index (χ0n) is 14.9. The number of carbonyl (C=O) groups excluding carboxylic acids is 1. The molecule has 1 N–H and O–H groups in total. The molecular formula is C20H27N3OS. The van der Waals surface area contributed by atoms with Crippen molar-refractivity contribution in [2.24, 2.45) is 0 Å². The second-order valence-corrected chi connectivity index (χ2v) is 7.75. The summed E-state index contributed by atoms with van der Waals surface area (Å²) in [5, 5.41) is 5.27. The molecule has 5 heteroatoms. The molecule has 3 rings (SSSR count). The molecule has 1 aliphatic rings. The van der Waals surface area contributed by atoms with Crippen LogP contribution in [-0.4, -0.2) is 48.1 Å². The molecule has 0 bridgehead atoms. The van der Waals surface area contributed by atoms with Crippen molar-refractivity contribution in [1.82, 2.24) is 15.1 Å². The van der Waals surface area contributed by atoms with E-state index < -0.39 is 0 Å². The fourth-order valence-electron chi connectivity index (χ4n) is 3.13. The third-order valence-electron chi connectivity index (χ3n) is 4.70. The zero-order chi connectivity index (χ0) is 17.5. The van der Waals surface area contributed by atoms with Crippen LogP contribution in [0.2, 0.25) is 0 Å². The second kappa shape index (κ2) is 9.02. The number of nitrogens with zero attached hydrogens (tertiary/aromatic N) is 2. The summed E-state index contributed by atoms with van der Waals surface area (Å²) in [6.45, 7) is 6.60. The van der Waals surface area contributed by atoms with Crippen LogP contribution in [0.5, 0.6) is 0 Å². The lowest BCUT2D eigenvalue weighted by Crippen LogP contribution is -2.52. The van der Waals surface area contributed by atoms with E-state index in [0.717, 1.165) is 45.6 Å². The number of hydrogen-bond donors (Lipinski definition) is 1. The van der Waals surface area contributed by atoms with Gasteiger partial charge in [0.2, 0.25) is 0 Å². The second-order valence-electron chi connectivity index (χ2n) is 6.72. The van der Waals surface area contributed by atoms with E-state index in [0.29, 0.717) is 0 Å². The first-order chi connectivity index (χ1) is 12.2. The number of thiophene rings is 1. The summed E-state index contributed by atoms with van der Waals surface area (Å²) < 4.78 is 0. The van der Waals surface area contributed by atoms with Crippen molar-refractivity contribution >= 4 is 17.4 Å². The van der Waals surface area contributed by atoms with Crippen LogP contribution in [0.3, 0.4) is 0 Å². The van der Waals surface area contributed by atoms with E-state index in [4.69, 9.17) is 0 Å². The summed E-state index contributed by atoms with van der Waals surface area (Å²) in [6, 6.07) is 15.0. The molecule has 1 aliphatic heterocycles. The minimum Gasteiger partial charge on any atom is -0.336 e. The van der Waals surface area contributed by atoms with E-state index in [1.165, 1.54) is 10.4 Å². The molecule has 2 heterocycles. The monoisotopic (exact) mass is 357 g/mol. The molecule has 0 saturated carbocycles. The topological polar surface area (TPSA) is 35.6 Å². The molecular weight excluding hydrogens is 330 g/mol. The Labute approximate surface area is 154 Å². The van der Waals surface area contributed by atoms with Crippen molar-refractivity contribution in [3.63, 3.8) is 0 Å². The summed E-state index contributed by atoms with van der Waals surface area (Å²) in [7, 11) is 0. The van der Waals surface area contributed by atoms with Crippen LogP contribution in [0.25, 0.3) is 0 Å². The maximum atomic E-state index is 12.4. The summed E-state index contributed by atoms with van der Waals surface area (Å²) in [4.78, 5) is 18.2. The van der Waals surface area contributed by atoms with Crippen molar-refractivity contribution in [3.8, 4) is 0 Å². The van der Waals surface area contributed by atoms with Crippen LogP contribution < -0.4 is 5.32 Å². The lowest BCUT2D eigenvalue weighted by atomic mass is 10.1. The van der Waals surface area contributed by atoms with E-state index in [2.05, 4.69) is 58.9 Å². The Hall–Kier alpha value is -1.85. The van der Waals surface area contributed by atoms with E-state index in [9.17, 15) is 4.79 Å². The van der Waals surface area contributed by atoms with Crippen LogP contribution in [0.1, 0.15) is 23.8 Å². The molecule has 1 fully saturated rings. The van der Waals surface area contributed by atoms with Crippen LogP contribution >= 0.6 is 11.3 Å². The number of hydrogen-bond acceptors (Lipinski definition) is 3. The maximum absolute atomic E-state index is 12.4. The van der Waals surface area contributed by atoms with Gasteiger partial charge in [0.05, 0.1) is 0 Å². The van der Waals surface area contributed by atoms with E-state index in [1.54, 1.807) is 11.3 Å². The molecule has 25 heavy (non-hydrogen) atoms. The lowest BCUT2D eigenvalue weighted by molar-refractivity contribution is 0.134. The highest BCUT2D eigenvalue weighted by atomic mass is 32.1. The molecule has 4 nitrogen and oxygen atoms in total. The first-order valence-corrected chi connectivity index (χ1v) is 9.93. The Morgan fingerprint density at radius 1 is 1.12 bits per heavy atom. The van der Waals surface area contributed by atoms with Crippen molar-refractivity contribution < 1.29 is 4.79 Å². The molecule has 134 valence electrons. The van der Waals surface area contributed by atoms with Crippen LogP contribution in [-0.2, 0) is 13.0 Å². The summed E-state index contributed by atoms with van der Waals surface area (Å²) in [6.07, 6.45) is 1.96. The smallest absolute Gasteiger partial charge is 0.317 e. The molecule has 1 atom stereocenters. The number of urea groups is 1. The fraction of sp³-hybridized carbons (Fsp3) is 0.450. The predicted molar refractivity (Wildman–Crippen MR) is 104 cm³/mol. The number of amides is 2. The Morgan fingerprint density at radius 3 is 2.56 bits per heavy atom. The molecule has 0 spiro atoms. The van der Waals surface area contributed by atoms with Gasteiger partial charge in [-0.25, -0.2) is 4.79 Å². The lowest BCUT2D eigenvalue weighted by Gasteiger charge is -2.35. The first-order valence-electron chi connectivity index (χ1n) is 9.05. The number of nitrogens with one attached hydrogen (secondary N) is 1. The van der Waals surface area contributed by atoms with Gasteiger partial charge in [0, 0.05) is 43.6 Å². The van der Waals surface area contributed by atoms with Crippen LogP contribution in [0.4, 0.5) is 4.79 Å². The Balaban J connectivity index is 1.37. The van der Waals surface area contributed by atoms with Crippen LogP contribution in [0, 0.1) is 0 Å². The number of aryl methyl sites for hydroxylation is 1. The number of carbonyl (C=O) groups is 1. The van der Waals surface area contributed by atoms with E-state index in [1.807, 2.05) is 11.0 Å². The Kier molecular flexibility index (Phi) is 6.48. The third kappa shape index (κ3) is 5.58. The van der Waals surface area contributed by atoms with Gasteiger partial charge in [0.1, 0.15) is 0 Å². The molecule has 0 radical (unpaired) electrons.